The van der Waals surface area contributed by atoms with Gasteiger partial charge in [0.05, 0.1) is 23.8 Å². The number of carboxylic acid groups (broad SMARTS) is 1. The van der Waals surface area contributed by atoms with Gasteiger partial charge in [0.15, 0.2) is 5.60 Å². The molecule has 40 heavy (non-hydrogen) atoms. The smallest absolute Gasteiger partial charge is 0.475 e. The molecule has 1 aliphatic carbocycles. The molecule has 2 aliphatic heterocycles. The summed E-state index contributed by atoms with van der Waals surface area (Å²) in [6, 6.07) is 19.3. The Kier molecular flexibility index (Phi) is 6.86. The molecule has 208 valence electrons. The first kappa shape index (κ1) is 27.0. The minimum atomic E-state index is -5.08. The third-order valence-electron chi connectivity index (χ3n) is 7.14. The third-order valence-corrected chi connectivity index (χ3v) is 7.14. The molecule has 9 nitrogen and oxygen atoms in total. The molecule has 1 saturated heterocycles. The zero-order valence-electron chi connectivity index (χ0n) is 21.0. The fraction of sp³-hybridized carbons (Fsp3) is 0.286. The number of aromatic nitrogens is 1. The molecular weight excluding hydrogens is 531 g/mol. The number of halogens is 3. The number of ether oxygens (including phenoxy) is 2. The largest absolute Gasteiger partial charge is 0.490 e. The van der Waals surface area contributed by atoms with Crippen molar-refractivity contribution in [3.8, 4) is 11.5 Å². The number of carboxylic acids is 1. The normalized spacial score (nSPS) is 20.4. The number of pyridine rings is 1. The van der Waals surface area contributed by atoms with E-state index in [1.54, 1.807) is 12.4 Å². The number of fused-ring (bicyclic) bond motifs is 2. The van der Waals surface area contributed by atoms with Crippen molar-refractivity contribution in [2.75, 3.05) is 18.4 Å². The molecule has 2 N–H and O–H groups in total. The van der Waals surface area contributed by atoms with E-state index in [-0.39, 0.29) is 5.91 Å². The standard InChI is InChI=1S/C26H23N3O4.C2HF3O2/c30-23(29-15-13-26(17-29)21-10-14-27-16-22(21)28-24(31)33-26)25(11-12-25)18-6-8-20(9-7-18)32-19-4-2-1-3-5-19;3-2(4,5)1(6)7/h1-10,14,16H,11-13,15,17H2,(H,28,31);(H,6,7). The van der Waals surface area contributed by atoms with Crippen molar-refractivity contribution in [1.82, 2.24) is 9.88 Å². The van der Waals surface area contributed by atoms with Crippen molar-refractivity contribution in [1.29, 1.82) is 0 Å². The van der Waals surface area contributed by atoms with Gasteiger partial charge in [0.2, 0.25) is 5.91 Å². The van der Waals surface area contributed by atoms with Gasteiger partial charge in [-0.15, -0.1) is 0 Å². The maximum absolute atomic E-state index is 13.7. The van der Waals surface area contributed by atoms with Crippen LogP contribution in [0.4, 0.5) is 23.7 Å². The van der Waals surface area contributed by atoms with Crippen molar-refractivity contribution in [3.63, 3.8) is 0 Å². The van der Waals surface area contributed by atoms with Crippen LogP contribution in [0.1, 0.15) is 30.4 Å². The number of carbonyl (C=O) groups excluding carboxylic acids is 2. The van der Waals surface area contributed by atoms with Gasteiger partial charge in [-0.05, 0) is 48.7 Å². The molecule has 2 aromatic carbocycles. The Morgan fingerprint density at radius 3 is 2.27 bits per heavy atom. The predicted molar refractivity (Wildman–Crippen MR) is 135 cm³/mol. The van der Waals surface area contributed by atoms with E-state index in [1.165, 1.54) is 0 Å². The van der Waals surface area contributed by atoms with Crippen LogP contribution in [0.15, 0.2) is 73.1 Å². The quantitative estimate of drug-likeness (QED) is 0.453. The van der Waals surface area contributed by atoms with Gasteiger partial charge in [0.1, 0.15) is 11.5 Å². The summed E-state index contributed by atoms with van der Waals surface area (Å²) in [4.78, 5) is 40.7. The SMILES string of the molecule is O=C(O)C(F)(F)F.O=C1Nc2cnccc2C2(CCN(C(=O)C3(c4ccc(Oc5ccccc5)cc4)CC3)C2)O1. The van der Waals surface area contributed by atoms with Gasteiger partial charge in [-0.3, -0.25) is 15.1 Å². The van der Waals surface area contributed by atoms with E-state index in [0.717, 1.165) is 35.5 Å². The van der Waals surface area contributed by atoms with Gasteiger partial charge in [-0.1, -0.05) is 30.3 Å². The molecular formula is C28H24F3N3O6. The van der Waals surface area contributed by atoms with E-state index in [9.17, 15) is 22.8 Å². The van der Waals surface area contributed by atoms with E-state index >= 15 is 0 Å². The number of anilines is 1. The number of aliphatic carboxylic acids is 1. The molecule has 6 rings (SSSR count). The number of alkyl halides is 3. The number of amides is 2. The molecule has 0 radical (unpaired) electrons. The maximum atomic E-state index is 13.7. The lowest BCUT2D eigenvalue weighted by atomic mass is 9.90. The van der Waals surface area contributed by atoms with Crippen LogP contribution in [0, 0.1) is 0 Å². The molecule has 3 heterocycles. The molecule has 3 aliphatic rings. The number of benzene rings is 2. The Hall–Kier alpha value is -4.61. The van der Waals surface area contributed by atoms with E-state index in [1.807, 2.05) is 65.6 Å². The lowest BCUT2D eigenvalue weighted by molar-refractivity contribution is -0.192. The Morgan fingerprint density at radius 2 is 1.65 bits per heavy atom. The number of para-hydroxylation sites is 1. The zero-order valence-corrected chi connectivity index (χ0v) is 21.0. The Bertz CT molecular complexity index is 1430. The topological polar surface area (TPSA) is 118 Å². The van der Waals surface area contributed by atoms with Crippen LogP contribution in [0.2, 0.25) is 0 Å². The second kappa shape index (κ2) is 10.2. The monoisotopic (exact) mass is 555 g/mol. The van der Waals surface area contributed by atoms with Crippen LogP contribution in [0.3, 0.4) is 0 Å². The van der Waals surface area contributed by atoms with Gasteiger partial charge in [-0.25, -0.2) is 9.59 Å². The van der Waals surface area contributed by atoms with E-state index in [4.69, 9.17) is 19.4 Å². The summed E-state index contributed by atoms with van der Waals surface area (Å²) in [6.07, 6.45) is -0.0635. The van der Waals surface area contributed by atoms with Crippen molar-refractivity contribution >= 4 is 23.7 Å². The van der Waals surface area contributed by atoms with Gasteiger partial charge in [0, 0.05) is 24.7 Å². The molecule has 1 spiro atoms. The fourth-order valence-electron chi connectivity index (χ4n) is 5.04. The minimum absolute atomic E-state index is 0.0984. The number of hydrogen-bond donors (Lipinski definition) is 2. The van der Waals surface area contributed by atoms with Crippen molar-refractivity contribution < 1.29 is 42.1 Å². The summed E-state index contributed by atoms with van der Waals surface area (Å²) in [6.45, 7) is 0.901. The number of hydrogen-bond acceptors (Lipinski definition) is 6. The molecule has 2 fully saturated rings. The minimum Gasteiger partial charge on any atom is -0.475 e. The van der Waals surface area contributed by atoms with Crippen molar-refractivity contribution in [2.45, 2.75) is 36.5 Å². The van der Waals surface area contributed by atoms with Crippen LogP contribution in [-0.4, -0.2) is 52.2 Å². The van der Waals surface area contributed by atoms with E-state index in [0.29, 0.717) is 25.2 Å². The highest BCUT2D eigenvalue weighted by Crippen LogP contribution is 2.52. The first-order valence-corrected chi connectivity index (χ1v) is 12.4. The lowest BCUT2D eigenvalue weighted by Gasteiger charge is -2.35. The predicted octanol–water partition coefficient (Wildman–Crippen LogP) is 5.23. The Labute approximate surface area is 226 Å². The lowest BCUT2D eigenvalue weighted by Crippen LogP contribution is -2.44. The fourth-order valence-corrected chi connectivity index (χ4v) is 5.04. The first-order valence-electron chi connectivity index (χ1n) is 12.4. The molecule has 0 bridgehead atoms. The van der Waals surface area contributed by atoms with Crippen LogP contribution >= 0.6 is 0 Å². The summed E-state index contributed by atoms with van der Waals surface area (Å²) < 4.78 is 43.4. The molecule has 1 aromatic heterocycles. The average Bonchev–Trinajstić information content (AvgIpc) is 3.64. The molecule has 1 saturated carbocycles. The highest BCUT2D eigenvalue weighted by atomic mass is 19.4. The van der Waals surface area contributed by atoms with Gasteiger partial charge in [-0.2, -0.15) is 13.2 Å². The summed E-state index contributed by atoms with van der Waals surface area (Å²) in [5.41, 5.74) is 1.20. The van der Waals surface area contributed by atoms with Crippen LogP contribution in [-0.2, 0) is 25.3 Å². The summed E-state index contributed by atoms with van der Waals surface area (Å²) in [5, 5.41) is 9.83. The Morgan fingerprint density at radius 1 is 1.00 bits per heavy atom. The van der Waals surface area contributed by atoms with Crippen LogP contribution in [0.25, 0.3) is 0 Å². The van der Waals surface area contributed by atoms with Gasteiger partial charge >= 0.3 is 18.2 Å². The third kappa shape index (κ3) is 5.29. The average molecular weight is 556 g/mol. The van der Waals surface area contributed by atoms with Crippen molar-refractivity contribution in [3.05, 3.63) is 84.2 Å². The molecule has 2 amide bonds. The highest BCUT2D eigenvalue weighted by molar-refractivity contribution is 5.92. The molecule has 1 atom stereocenters. The second-order valence-corrected chi connectivity index (χ2v) is 9.73. The number of carbonyl (C=O) groups is 3. The van der Waals surface area contributed by atoms with Crippen molar-refractivity contribution in [2.24, 2.45) is 0 Å². The zero-order chi connectivity index (χ0) is 28.5. The van der Waals surface area contributed by atoms with Crippen LogP contribution in [0.5, 0.6) is 11.5 Å². The molecule has 12 heteroatoms. The van der Waals surface area contributed by atoms with E-state index < -0.39 is 29.3 Å². The highest BCUT2D eigenvalue weighted by Gasteiger charge is 2.57. The summed E-state index contributed by atoms with van der Waals surface area (Å²) >= 11 is 0. The summed E-state index contributed by atoms with van der Waals surface area (Å²) in [5.74, 6) is -1.15. The van der Waals surface area contributed by atoms with Gasteiger partial charge in [0.25, 0.3) is 0 Å². The van der Waals surface area contributed by atoms with E-state index in [2.05, 4.69) is 10.3 Å². The van der Waals surface area contributed by atoms with Crippen LogP contribution < -0.4 is 10.1 Å². The number of nitrogens with zero attached hydrogens (tertiary/aromatic N) is 2. The van der Waals surface area contributed by atoms with Gasteiger partial charge < -0.3 is 19.5 Å². The number of rotatable bonds is 4. The second-order valence-electron chi connectivity index (χ2n) is 9.73. The number of nitrogens with one attached hydrogen (secondary N) is 1. The first-order chi connectivity index (χ1) is 19.0. The maximum Gasteiger partial charge on any atom is 0.490 e. The summed E-state index contributed by atoms with van der Waals surface area (Å²) in [7, 11) is 0. The molecule has 1 unspecified atom stereocenters. The number of likely N-dealkylation sites (tertiary alicyclic amines) is 1. The Balaban J connectivity index is 0.000000411. The molecule has 3 aromatic rings.